The average Bonchev–Trinajstić information content (AvgIpc) is 2.55. The first-order valence-electron chi connectivity index (χ1n) is 5.44. The van der Waals surface area contributed by atoms with Crippen molar-refractivity contribution < 1.29 is 4.74 Å². The van der Waals surface area contributed by atoms with E-state index >= 15 is 0 Å². The van der Waals surface area contributed by atoms with Gasteiger partial charge in [-0.25, -0.2) is 9.78 Å². The molecule has 0 unspecified atom stereocenters. The molecule has 5 heteroatoms. The van der Waals surface area contributed by atoms with Gasteiger partial charge in [0.2, 0.25) is 0 Å². The van der Waals surface area contributed by atoms with Gasteiger partial charge in [0.25, 0.3) is 0 Å². The highest BCUT2D eigenvalue weighted by Crippen LogP contribution is 2.30. The average molecular weight is 248 g/mol. The fourth-order valence-corrected chi connectivity index (χ4v) is 3.24. The second-order valence-corrected chi connectivity index (χ2v) is 5.08. The van der Waals surface area contributed by atoms with Crippen LogP contribution in [0.3, 0.4) is 0 Å². The molecule has 0 amide bonds. The summed E-state index contributed by atoms with van der Waals surface area (Å²) in [5, 5.41) is 1.01. The lowest BCUT2D eigenvalue weighted by Crippen LogP contribution is -2.29. The van der Waals surface area contributed by atoms with E-state index in [1.54, 1.807) is 29.6 Å². The predicted molar refractivity (Wildman–Crippen MR) is 67.5 cm³/mol. The van der Waals surface area contributed by atoms with E-state index in [0.717, 1.165) is 21.6 Å². The molecule has 3 rings (SSSR count). The highest BCUT2D eigenvalue weighted by Gasteiger charge is 2.19. The van der Waals surface area contributed by atoms with Gasteiger partial charge in [0.1, 0.15) is 0 Å². The fourth-order valence-electron chi connectivity index (χ4n) is 2.09. The summed E-state index contributed by atoms with van der Waals surface area (Å²) in [7, 11) is 1.68. The maximum atomic E-state index is 11.9. The zero-order valence-corrected chi connectivity index (χ0v) is 10.2. The molecular formula is C12H12N2O2S. The van der Waals surface area contributed by atoms with Crippen LogP contribution >= 0.6 is 11.8 Å². The van der Waals surface area contributed by atoms with E-state index < -0.39 is 0 Å². The molecule has 4 nitrogen and oxygen atoms in total. The fraction of sp³-hybridized carbons (Fsp3) is 0.333. The lowest BCUT2D eigenvalue weighted by Gasteiger charge is -2.13. The van der Waals surface area contributed by atoms with Crippen molar-refractivity contribution in [1.29, 1.82) is 0 Å². The summed E-state index contributed by atoms with van der Waals surface area (Å²) in [5.41, 5.74) is 0.784. The quantitative estimate of drug-likeness (QED) is 0.767. The number of para-hydroxylation sites is 1. The Kier molecular flexibility index (Phi) is 2.64. The van der Waals surface area contributed by atoms with Crippen LogP contribution in [0.15, 0.2) is 34.1 Å². The third-order valence-corrected chi connectivity index (χ3v) is 4.17. The van der Waals surface area contributed by atoms with Crippen LogP contribution in [-0.2, 0) is 11.3 Å². The summed E-state index contributed by atoms with van der Waals surface area (Å²) in [4.78, 5) is 16.9. The Hall–Kier alpha value is -1.33. The van der Waals surface area contributed by atoms with E-state index in [1.807, 2.05) is 18.2 Å². The largest absolute Gasteiger partial charge is 0.379 e. The Morgan fingerprint density at radius 1 is 1.53 bits per heavy atom. The number of nitrogens with zero attached hydrogens (tertiary/aromatic N) is 2. The van der Waals surface area contributed by atoms with Gasteiger partial charge in [-0.05, 0) is 6.07 Å². The maximum Gasteiger partial charge on any atom is 0.348 e. The highest BCUT2D eigenvalue weighted by molar-refractivity contribution is 7.99. The van der Waals surface area contributed by atoms with Crippen molar-refractivity contribution in [3.05, 3.63) is 34.9 Å². The number of hydrogen-bond donors (Lipinski definition) is 0. The zero-order valence-electron chi connectivity index (χ0n) is 9.42. The minimum absolute atomic E-state index is 0.0532. The van der Waals surface area contributed by atoms with Crippen molar-refractivity contribution in [1.82, 2.24) is 9.55 Å². The molecular weight excluding hydrogens is 236 g/mol. The number of ether oxygens (including phenoxy) is 1. The molecule has 0 aliphatic carbocycles. The molecule has 1 aliphatic heterocycles. The molecule has 0 bridgehead atoms. The normalized spacial score (nSPS) is 19.2. The summed E-state index contributed by atoms with van der Waals surface area (Å²) in [5.74, 6) is 0.858. The lowest BCUT2D eigenvalue weighted by molar-refractivity contribution is 0.107. The van der Waals surface area contributed by atoms with Gasteiger partial charge in [-0.1, -0.05) is 12.1 Å². The standard InChI is InChI=1S/C12H12N2O2S/c1-16-9-6-14-11-8(5-13-12(14)15)3-2-4-10(11)17-7-9/h2-5,9H,6-7H2,1H3/t9-/m0/s1. The molecule has 0 saturated carbocycles. The van der Waals surface area contributed by atoms with Crippen LogP contribution in [0, 0.1) is 0 Å². The molecule has 2 heterocycles. The number of thioether (sulfide) groups is 1. The monoisotopic (exact) mass is 248 g/mol. The van der Waals surface area contributed by atoms with Crippen LogP contribution in [0.5, 0.6) is 0 Å². The number of rotatable bonds is 1. The van der Waals surface area contributed by atoms with Crippen molar-refractivity contribution in [2.24, 2.45) is 0 Å². The minimum atomic E-state index is -0.200. The summed E-state index contributed by atoms with van der Waals surface area (Å²) in [6.07, 6.45) is 1.70. The molecule has 0 N–H and O–H groups in total. The van der Waals surface area contributed by atoms with Gasteiger partial charge in [-0.2, -0.15) is 0 Å². The molecule has 0 spiro atoms. The first-order valence-corrected chi connectivity index (χ1v) is 6.42. The summed E-state index contributed by atoms with van der Waals surface area (Å²) in [6, 6.07) is 6.02. The number of hydrogen-bond acceptors (Lipinski definition) is 4. The Morgan fingerprint density at radius 3 is 3.24 bits per heavy atom. The predicted octanol–water partition coefficient (Wildman–Crippen LogP) is 1.52. The van der Waals surface area contributed by atoms with Gasteiger partial charge >= 0.3 is 5.69 Å². The Bertz CT molecular complexity index is 623. The number of methoxy groups -OCH3 is 1. The maximum absolute atomic E-state index is 11.9. The molecule has 17 heavy (non-hydrogen) atoms. The molecule has 88 valence electrons. The third-order valence-electron chi connectivity index (χ3n) is 2.99. The zero-order chi connectivity index (χ0) is 11.8. The van der Waals surface area contributed by atoms with Crippen LogP contribution in [-0.4, -0.2) is 28.5 Å². The van der Waals surface area contributed by atoms with Gasteiger partial charge in [0, 0.05) is 29.3 Å². The van der Waals surface area contributed by atoms with E-state index in [4.69, 9.17) is 4.74 Å². The Balaban J connectivity index is 2.32. The number of benzene rings is 1. The van der Waals surface area contributed by atoms with Crippen LogP contribution in [0.1, 0.15) is 0 Å². The molecule has 1 aromatic carbocycles. The van der Waals surface area contributed by atoms with Crippen LogP contribution in [0.2, 0.25) is 0 Å². The van der Waals surface area contributed by atoms with Crippen LogP contribution < -0.4 is 5.69 Å². The van der Waals surface area contributed by atoms with Crippen molar-refractivity contribution in [2.45, 2.75) is 17.5 Å². The smallest absolute Gasteiger partial charge is 0.348 e. The van der Waals surface area contributed by atoms with E-state index in [-0.39, 0.29) is 11.8 Å². The topological polar surface area (TPSA) is 44.1 Å². The Morgan fingerprint density at radius 2 is 2.41 bits per heavy atom. The highest BCUT2D eigenvalue weighted by atomic mass is 32.2. The summed E-state index contributed by atoms with van der Waals surface area (Å²) < 4.78 is 7.10. The second-order valence-electron chi connectivity index (χ2n) is 4.01. The van der Waals surface area contributed by atoms with E-state index in [9.17, 15) is 4.79 Å². The first kappa shape index (κ1) is 10.8. The molecule has 2 aromatic rings. The molecule has 1 atom stereocenters. The summed E-state index contributed by atoms with van der Waals surface area (Å²) >= 11 is 1.73. The van der Waals surface area contributed by atoms with Crippen LogP contribution in [0.25, 0.3) is 10.9 Å². The lowest BCUT2D eigenvalue weighted by atomic mass is 10.2. The third kappa shape index (κ3) is 1.75. The van der Waals surface area contributed by atoms with Crippen LogP contribution in [0.4, 0.5) is 0 Å². The van der Waals surface area contributed by atoms with Crippen molar-refractivity contribution in [3.63, 3.8) is 0 Å². The molecule has 1 aromatic heterocycles. The summed E-state index contributed by atoms with van der Waals surface area (Å²) in [6.45, 7) is 0.573. The van der Waals surface area contributed by atoms with E-state index in [0.29, 0.717) is 6.54 Å². The first-order chi connectivity index (χ1) is 8.29. The van der Waals surface area contributed by atoms with Gasteiger partial charge in [-0.3, -0.25) is 4.57 Å². The SMILES string of the molecule is CO[C@@H]1CSc2cccc3cnc(=O)n(c23)C1. The van der Waals surface area contributed by atoms with Crippen molar-refractivity contribution in [3.8, 4) is 0 Å². The van der Waals surface area contributed by atoms with E-state index in [2.05, 4.69) is 4.98 Å². The van der Waals surface area contributed by atoms with Gasteiger partial charge in [0.05, 0.1) is 18.2 Å². The van der Waals surface area contributed by atoms with Crippen molar-refractivity contribution >= 4 is 22.7 Å². The molecule has 0 radical (unpaired) electrons. The minimum Gasteiger partial charge on any atom is -0.379 e. The van der Waals surface area contributed by atoms with Crippen molar-refractivity contribution in [2.75, 3.05) is 12.9 Å². The number of aromatic nitrogens is 2. The Labute approximate surface area is 103 Å². The molecule has 0 saturated heterocycles. The van der Waals surface area contributed by atoms with Gasteiger partial charge in [-0.15, -0.1) is 11.8 Å². The molecule has 0 fully saturated rings. The molecule has 1 aliphatic rings. The van der Waals surface area contributed by atoms with Gasteiger partial charge < -0.3 is 4.74 Å². The van der Waals surface area contributed by atoms with Gasteiger partial charge in [0.15, 0.2) is 0 Å². The second kappa shape index (κ2) is 4.16. The van der Waals surface area contributed by atoms with E-state index in [1.165, 1.54) is 0 Å².